The van der Waals surface area contributed by atoms with Crippen molar-refractivity contribution in [2.24, 2.45) is 5.92 Å². The highest BCUT2D eigenvalue weighted by Gasteiger charge is 2.29. The van der Waals surface area contributed by atoms with E-state index < -0.39 is 0 Å². The maximum absolute atomic E-state index is 13.2. The number of piperidine rings is 1. The van der Waals surface area contributed by atoms with Crippen LogP contribution in [0.5, 0.6) is 0 Å². The van der Waals surface area contributed by atoms with E-state index in [0.29, 0.717) is 24.3 Å². The molecule has 1 aliphatic rings. The molecule has 1 atom stereocenters. The van der Waals surface area contributed by atoms with Crippen molar-refractivity contribution in [3.63, 3.8) is 0 Å². The number of anilines is 1. The lowest BCUT2D eigenvalue weighted by Crippen LogP contribution is -2.43. The van der Waals surface area contributed by atoms with Crippen molar-refractivity contribution in [2.45, 2.75) is 12.8 Å². The minimum atomic E-state index is -0.282. The third-order valence-corrected chi connectivity index (χ3v) is 5.41. The Morgan fingerprint density at radius 3 is 2.43 bits per heavy atom. The molecule has 0 unspecified atom stereocenters. The Kier molecular flexibility index (Phi) is 5.89. The topological polar surface area (TPSA) is 49.4 Å². The molecule has 1 aliphatic heterocycles. The van der Waals surface area contributed by atoms with Gasteiger partial charge in [-0.1, -0.05) is 42.5 Å². The first-order valence-corrected chi connectivity index (χ1v) is 10.1. The highest BCUT2D eigenvalue weighted by Crippen LogP contribution is 2.25. The van der Waals surface area contributed by atoms with E-state index in [1.165, 1.54) is 12.1 Å². The van der Waals surface area contributed by atoms with Crippen LogP contribution in [0.3, 0.4) is 0 Å². The molecule has 152 valence electrons. The second kappa shape index (κ2) is 8.91. The molecule has 1 saturated heterocycles. The van der Waals surface area contributed by atoms with Crippen LogP contribution in [0.1, 0.15) is 23.2 Å². The molecule has 1 fully saturated rings. The molecule has 3 aromatic rings. The summed E-state index contributed by atoms with van der Waals surface area (Å²) < 4.78 is 13.2. The lowest BCUT2D eigenvalue weighted by atomic mass is 9.96. The number of hydrogen-bond acceptors (Lipinski definition) is 2. The zero-order chi connectivity index (χ0) is 20.9. The van der Waals surface area contributed by atoms with Gasteiger partial charge in [0.1, 0.15) is 5.82 Å². The first kappa shape index (κ1) is 19.8. The number of rotatable bonds is 4. The van der Waals surface area contributed by atoms with Crippen LogP contribution in [0.2, 0.25) is 0 Å². The molecular weight excluding hydrogens is 379 g/mol. The summed E-state index contributed by atoms with van der Waals surface area (Å²) in [5.41, 5.74) is 3.11. The first-order chi connectivity index (χ1) is 14.6. The second-order valence-corrected chi connectivity index (χ2v) is 7.53. The molecule has 4 rings (SSSR count). The van der Waals surface area contributed by atoms with Gasteiger partial charge in [0.15, 0.2) is 0 Å². The quantitative estimate of drug-likeness (QED) is 0.669. The maximum atomic E-state index is 13.2. The average Bonchev–Trinajstić information content (AvgIpc) is 2.80. The zero-order valence-electron chi connectivity index (χ0n) is 16.6. The highest BCUT2D eigenvalue weighted by molar-refractivity contribution is 5.96. The third-order valence-electron chi connectivity index (χ3n) is 5.41. The molecule has 3 aromatic carbocycles. The summed E-state index contributed by atoms with van der Waals surface area (Å²) in [7, 11) is 0. The van der Waals surface area contributed by atoms with Crippen LogP contribution in [0.25, 0.3) is 11.1 Å². The summed E-state index contributed by atoms with van der Waals surface area (Å²) in [6, 6.07) is 22.9. The second-order valence-electron chi connectivity index (χ2n) is 7.53. The van der Waals surface area contributed by atoms with Gasteiger partial charge in [-0.2, -0.15) is 0 Å². The monoisotopic (exact) mass is 402 g/mol. The van der Waals surface area contributed by atoms with E-state index in [4.69, 9.17) is 0 Å². The van der Waals surface area contributed by atoms with Crippen molar-refractivity contribution in [2.75, 3.05) is 18.4 Å². The molecule has 0 bridgehead atoms. The largest absolute Gasteiger partial charge is 0.338 e. The number of nitrogens with one attached hydrogen (secondary N) is 1. The van der Waals surface area contributed by atoms with E-state index in [-0.39, 0.29) is 23.5 Å². The molecule has 1 heterocycles. The van der Waals surface area contributed by atoms with Crippen molar-refractivity contribution in [3.05, 3.63) is 90.2 Å². The van der Waals surface area contributed by atoms with Crippen molar-refractivity contribution in [1.82, 2.24) is 4.90 Å². The van der Waals surface area contributed by atoms with Crippen LogP contribution < -0.4 is 5.32 Å². The predicted molar refractivity (Wildman–Crippen MR) is 116 cm³/mol. The molecule has 2 amide bonds. The van der Waals surface area contributed by atoms with Gasteiger partial charge >= 0.3 is 0 Å². The highest BCUT2D eigenvalue weighted by atomic mass is 19.1. The zero-order valence-corrected chi connectivity index (χ0v) is 16.6. The molecule has 4 nitrogen and oxygen atoms in total. The number of likely N-dealkylation sites (tertiary alicyclic amines) is 1. The minimum absolute atomic E-state index is 0.0357. The van der Waals surface area contributed by atoms with E-state index in [2.05, 4.69) is 5.32 Å². The summed E-state index contributed by atoms with van der Waals surface area (Å²) in [6.45, 7) is 1.08. The molecule has 1 N–H and O–H groups in total. The van der Waals surface area contributed by atoms with E-state index in [1.807, 2.05) is 42.5 Å². The summed E-state index contributed by atoms with van der Waals surface area (Å²) in [5.74, 6) is -0.653. The van der Waals surface area contributed by atoms with Crippen LogP contribution in [0.4, 0.5) is 10.1 Å². The molecule has 0 aromatic heterocycles. The van der Waals surface area contributed by atoms with Gasteiger partial charge < -0.3 is 10.2 Å². The Bertz CT molecular complexity index is 1030. The van der Waals surface area contributed by atoms with Crippen molar-refractivity contribution >= 4 is 17.5 Å². The average molecular weight is 402 g/mol. The van der Waals surface area contributed by atoms with Crippen molar-refractivity contribution in [1.29, 1.82) is 0 Å². The third kappa shape index (κ3) is 4.57. The summed E-state index contributed by atoms with van der Waals surface area (Å²) in [4.78, 5) is 27.3. The fourth-order valence-corrected chi connectivity index (χ4v) is 3.80. The Morgan fingerprint density at radius 2 is 1.67 bits per heavy atom. The number of halogens is 1. The molecule has 0 radical (unpaired) electrons. The van der Waals surface area contributed by atoms with Gasteiger partial charge in [0.25, 0.3) is 5.91 Å². The fraction of sp³-hybridized carbons (Fsp3) is 0.200. The molecule has 0 aliphatic carbocycles. The van der Waals surface area contributed by atoms with E-state index in [0.717, 1.165) is 24.0 Å². The van der Waals surface area contributed by atoms with Gasteiger partial charge in [0.2, 0.25) is 5.91 Å². The predicted octanol–water partition coefficient (Wildman–Crippen LogP) is 4.98. The molecule has 0 saturated carbocycles. The van der Waals surface area contributed by atoms with Crippen LogP contribution in [-0.4, -0.2) is 29.8 Å². The standard InChI is InChI=1S/C25H23FN2O2/c26-22-13-11-18(12-14-22)20-8-4-10-23(16-20)27-24(29)21-9-5-15-28(17-21)25(30)19-6-2-1-3-7-19/h1-4,6-8,10-14,16,21H,5,9,15,17H2,(H,27,29)/t21-/m1/s1. The van der Waals surface area contributed by atoms with E-state index in [1.54, 1.807) is 29.2 Å². The number of amides is 2. The number of hydrogen-bond donors (Lipinski definition) is 1. The summed E-state index contributed by atoms with van der Waals surface area (Å²) in [5, 5.41) is 2.98. The van der Waals surface area contributed by atoms with Gasteiger partial charge in [-0.3, -0.25) is 9.59 Å². The molecule has 30 heavy (non-hydrogen) atoms. The lowest BCUT2D eigenvalue weighted by Gasteiger charge is -2.32. The minimum Gasteiger partial charge on any atom is -0.338 e. The van der Waals surface area contributed by atoms with Gasteiger partial charge in [0, 0.05) is 24.3 Å². The number of carbonyl (C=O) groups excluding carboxylic acids is 2. The summed E-state index contributed by atoms with van der Waals surface area (Å²) in [6.07, 6.45) is 1.55. The Balaban J connectivity index is 1.43. The normalized spacial score (nSPS) is 16.2. The number of nitrogens with zero attached hydrogens (tertiary/aromatic N) is 1. The van der Waals surface area contributed by atoms with Crippen LogP contribution >= 0.6 is 0 Å². The van der Waals surface area contributed by atoms with Crippen molar-refractivity contribution < 1.29 is 14.0 Å². The number of benzene rings is 3. The fourth-order valence-electron chi connectivity index (χ4n) is 3.80. The van der Waals surface area contributed by atoms with Gasteiger partial charge in [-0.25, -0.2) is 4.39 Å². The Morgan fingerprint density at radius 1 is 0.900 bits per heavy atom. The smallest absolute Gasteiger partial charge is 0.253 e. The van der Waals surface area contributed by atoms with Crippen LogP contribution in [-0.2, 0) is 4.79 Å². The Labute approximate surface area is 175 Å². The van der Waals surface area contributed by atoms with Crippen LogP contribution in [0, 0.1) is 11.7 Å². The van der Waals surface area contributed by atoms with Gasteiger partial charge in [0.05, 0.1) is 5.92 Å². The van der Waals surface area contributed by atoms with Gasteiger partial charge in [-0.05, 0) is 60.4 Å². The lowest BCUT2D eigenvalue weighted by molar-refractivity contribution is -0.121. The molecule has 0 spiro atoms. The van der Waals surface area contributed by atoms with Gasteiger partial charge in [-0.15, -0.1) is 0 Å². The Hall–Kier alpha value is -3.47. The summed E-state index contributed by atoms with van der Waals surface area (Å²) >= 11 is 0. The van der Waals surface area contributed by atoms with E-state index in [9.17, 15) is 14.0 Å². The molecular formula is C25H23FN2O2. The molecule has 5 heteroatoms. The maximum Gasteiger partial charge on any atom is 0.253 e. The SMILES string of the molecule is O=C(Nc1cccc(-c2ccc(F)cc2)c1)[C@@H]1CCCN(C(=O)c2ccccc2)C1. The van der Waals surface area contributed by atoms with E-state index >= 15 is 0 Å². The van der Waals surface area contributed by atoms with Crippen molar-refractivity contribution in [3.8, 4) is 11.1 Å². The first-order valence-electron chi connectivity index (χ1n) is 10.1. The number of carbonyl (C=O) groups is 2. The van der Waals surface area contributed by atoms with Crippen LogP contribution in [0.15, 0.2) is 78.9 Å².